The number of nitrogens with one attached hydrogen (secondary N) is 1. The highest BCUT2D eigenvalue weighted by Gasteiger charge is 2.51. The maximum Gasteiger partial charge on any atom is 0.329 e. The molecular formula is C16H22N2O5. The van der Waals surface area contributed by atoms with Crippen molar-refractivity contribution in [3.63, 3.8) is 0 Å². The van der Waals surface area contributed by atoms with E-state index in [0.29, 0.717) is 12.8 Å². The molecule has 0 aromatic rings. The third kappa shape index (κ3) is 3.23. The van der Waals surface area contributed by atoms with E-state index in [9.17, 15) is 19.2 Å². The van der Waals surface area contributed by atoms with Crippen molar-refractivity contribution in [2.75, 3.05) is 6.61 Å². The van der Waals surface area contributed by atoms with E-state index in [2.05, 4.69) is 5.32 Å². The van der Waals surface area contributed by atoms with E-state index in [1.165, 1.54) is 6.92 Å². The van der Waals surface area contributed by atoms with E-state index in [4.69, 9.17) is 4.74 Å². The Labute approximate surface area is 134 Å². The number of hydrogen-bond acceptors (Lipinski definition) is 5. The summed E-state index contributed by atoms with van der Waals surface area (Å²) in [6.07, 6.45) is 5.20. The zero-order valence-corrected chi connectivity index (χ0v) is 13.2. The third-order valence-corrected chi connectivity index (χ3v) is 4.89. The number of imide groups is 1. The van der Waals surface area contributed by atoms with Crippen LogP contribution in [0.4, 0.5) is 0 Å². The molecule has 1 N–H and O–H groups in total. The van der Waals surface area contributed by atoms with Gasteiger partial charge in [0.05, 0.1) is 11.8 Å². The van der Waals surface area contributed by atoms with E-state index >= 15 is 0 Å². The Bertz CT molecular complexity index is 519. The first-order chi connectivity index (χ1) is 11.0. The number of amides is 3. The van der Waals surface area contributed by atoms with Crippen LogP contribution in [0.15, 0.2) is 0 Å². The Morgan fingerprint density at radius 2 is 1.70 bits per heavy atom. The predicted molar refractivity (Wildman–Crippen MR) is 78.9 cm³/mol. The van der Waals surface area contributed by atoms with Crippen molar-refractivity contribution in [3.8, 4) is 0 Å². The molecule has 0 radical (unpaired) electrons. The molecule has 7 heteroatoms. The Hall–Kier alpha value is -1.92. The molecule has 0 spiro atoms. The van der Waals surface area contributed by atoms with E-state index in [-0.39, 0.29) is 42.2 Å². The highest BCUT2D eigenvalue weighted by molar-refractivity contribution is 6.07. The summed E-state index contributed by atoms with van der Waals surface area (Å²) in [4.78, 5) is 49.5. The summed E-state index contributed by atoms with van der Waals surface area (Å²) in [5, 5.41) is 2.71. The van der Waals surface area contributed by atoms with Crippen LogP contribution in [-0.2, 0) is 23.9 Å². The monoisotopic (exact) mass is 322 g/mol. The molecule has 7 nitrogen and oxygen atoms in total. The van der Waals surface area contributed by atoms with Crippen molar-refractivity contribution in [1.29, 1.82) is 0 Å². The van der Waals surface area contributed by atoms with Gasteiger partial charge >= 0.3 is 5.97 Å². The minimum atomic E-state index is -0.977. The average molecular weight is 322 g/mol. The zero-order chi connectivity index (χ0) is 16.6. The van der Waals surface area contributed by atoms with Gasteiger partial charge < -0.3 is 10.1 Å². The predicted octanol–water partition coefficient (Wildman–Crippen LogP) is 0.372. The van der Waals surface area contributed by atoms with Gasteiger partial charge in [-0.05, 0) is 32.6 Å². The Morgan fingerprint density at radius 1 is 1.13 bits per heavy atom. The van der Waals surface area contributed by atoms with Gasteiger partial charge in [0.1, 0.15) is 6.04 Å². The second-order valence-corrected chi connectivity index (χ2v) is 6.67. The van der Waals surface area contributed by atoms with Gasteiger partial charge in [-0.25, -0.2) is 4.79 Å². The molecule has 0 aromatic heterocycles. The fourth-order valence-electron chi connectivity index (χ4n) is 3.43. The largest absolute Gasteiger partial charge is 0.454 e. The second kappa shape index (κ2) is 6.29. The van der Waals surface area contributed by atoms with Crippen LogP contribution in [-0.4, -0.2) is 47.3 Å². The van der Waals surface area contributed by atoms with Gasteiger partial charge in [0.15, 0.2) is 6.61 Å². The third-order valence-electron chi connectivity index (χ3n) is 4.89. The standard InChI is InChI=1S/C16H22N2O5/c1-9(16(22)23-8-13(19)17-10-6-7-10)18-14(20)11-4-2-3-5-12(11)15(18)21/h9-12H,2-8H2,1H3,(H,17,19)/t9-,11-,12-/m0/s1. The highest BCUT2D eigenvalue weighted by atomic mass is 16.5. The SMILES string of the molecule is C[C@@H](C(=O)OCC(=O)NC1CC1)N1C(=O)[C@H]2CCCC[C@@H]2C1=O. The van der Waals surface area contributed by atoms with E-state index in [1.54, 1.807) is 0 Å². The van der Waals surface area contributed by atoms with E-state index in [1.807, 2.05) is 0 Å². The Morgan fingerprint density at radius 3 is 2.22 bits per heavy atom. The van der Waals surface area contributed by atoms with Crippen molar-refractivity contribution < 1.29 is 23.9 Å². The average Bonchev–Trinajstić information content (AvgIpc) is 3.32. The minimum absolute atomic E-state index is 0.198. The summed E-state index contributed by atoms with van der Waals surface area (Å²) in [7, 11) is 0. The summed E-state index contributed by atoms with van der Waals surface area (Å²) >= 11 is 0. The van der Waals surface area contributed by atoms with Crippen LogP contribution in [0.2, 0.25) is 0 Å². The zero-order valence-electron chi connectivity index (χ0n) is 13.2. The summed E-state index contributed by atoms with van der Waals surface area (Å²) in [6, 6.07) is -0.780. The smallest absolute Gasteiger partial charge is 0.329 e. The molecule has 2 aliphatic carbocycles. The molecule has 126 valence electrons. The van der Waals surface area contributed by atoms with Gasteiger partial charge in [-0.15, -0.1) is 0 Å². The first-order valence-corrected chi connectivity index (χ1v) is 8.32. The molecule has 0 bridgehead atoms. The number of hydrogen-bond donors (Lipinski definition) is 1. The van der Waals surface area contributed by atoms with Crippen molar-refractivity contribution in [3.05, 3.63) is 0 Å². The lowest BCUT2D eigenvalue weighted by molar-refractivity contribution is -0.159. The molecule has 1 saturated heterocycles. The van der Waals surface area contributed by atoms with Gasteiger partial charge in [0, 0.05) is 6.04 Å². The fraction of sp³-hybridized carbons (Fsp3) is 0.750. The number of nitrogens with zero attached hydrogens (tertiary/aromatic N) is 1. The van der Waals surface area contributed by atoms with Gasteiger partial charge in [-0.2, -0.15) is 0 Å². The molecular weight excluding hydrogens is 300 g/mol. The fourth-order valence-corrected chi connectivity index (χ4v) is 3.43. The molecule has 3 fully saturated rings. The minimum Gasteiger partial charge on any atom is -0.454 e. The van der Waals surface area contributed by atoms with Gasteiger partial charge in [0.25, 0.3) is 5.91 Å². The normalized spacial score (nSPS) is 28.3. The van der Waals surface area contributed by atoms with Gasteiger partial charge in [-0.3, -0.25) is 19.3 Å². The molecule has 0 unspecified atom stereocenters. The summed E-state index contributed by atoms with van der Waals surface area (Å²) in [6.45, 7) is 1.11. The number of ether oxygens (including phenoxy) is 1. The van der Waals surface area contributed by atoms with Crippen LogP contribution >= 0.6 is 0 Å². The van der Waals surface area contributed by atoms with Crippen LogP contribution in [0, 0.1) is 11.8 Å². The van der Waals surface area contributed by atoms with Gasteiger partial charge in [0.2, 0.25) is 11.8 Å². The Balaban J connectivity index is 1.56. The molecule has 3 aliphatic rings. The molecule has 23 heavy (non-hydrogen) atoms. The molecule has 3 amide bonds. The lowest BCUT2D eigenvalue weighted by Crippen LogP contribution is -2.45. The quantitative estimate of drug-likeness (QED) is 0.583. The maximum atomic E-state index is 12.4. The van der Waals surface area contributed by atoms with Gasteiger partial charge in [-0.1, -0.05) is 12.8 Å². The molecule has 3 atom stereocenters. The van der Waals surface area contributed by atoms with E-state index < -0.39 is 12.0 Å². The van der Waals surface area contributed by atoms with Crippen LogP contribution < -0.4 is 5.32 Å². The molecule has 1 heterocycles. The molecule has 1 aliphatic heterocycles. The Kier molecular flexibility index (Phi) is 4.37. The summed E-state index contributed by atoms with van der Waals surface area (Å²) < 4.78 is 4.96. The van der Waals surface area contributed by atoms with E-state index in [0.717, 1.165) is 30.6 Å². The number of likely N-dealkylation sites (tertiary alicyclic amines) is 1. The summed E-state index contributed by atoms with van der Waals surface area (Å²) in [5.74, 6) is -2.18. The highest BCUT2D eigenvalue weighted by Crippen LogP contribution is 2.38. The second-order valence-electron chi connectivity index (χ2n) is 6.67. The van der Waals surface area contributed by atoms with Crippen molar-refractivity contribution in [1.82, 2.24) is 10.2 Å². The van der Waals surface area contributed by atoms with Crippen molar-refractivity contribution in [2.45, 2.75) is 57.5 Å². The van der Waals surface area contributed by atoms with Crippen molar-refractivity contribution in [2.24, 2.45) is 11.8 Å². The number of rotatable bonds is 5. The number of fused-ring (bicyclic) bond motifs is 1. The van der Waals surface area contributed by atoms with Crippen molar-refractivity contribution >= 4 is 23.7 Å². The molecule has 3 rings (SSSR count). The first kappa shape index (κ1) is 16.0. The lowest BCUT2D eigenvalue weighted by Gasteiger charge is -2.21. The summed E-state index contributed by atoms with van der Waals surface area (Å²) in [5.41, 5.74) is 0. The van der Waals surface area contributed by atoms with Crippen LogP contribution in [0.25, 0.3) is 0 Å². The topological polar surface area (TPSA) is 92.8 Å². The number of esters is 1. The molecule has 0 aromatic carbocycles. The lowest BCUT2D eigenvalue weighted by atomic mass is 9.81. The van der Waals surface area contributed by atoms with Crippen LogP contribution in [0.5, 0.6) is 0 Å². The number of carbonyl (C=O) groups excluding carboxylic acids is 4. The van der Waals surface area contributed by atoms with Crippen LogP contribution in [0.3, 0.4) is 0 Å². The first-order valence-electron chi connectivity index (χ1n) is 8.32. The molecule has 2 saturated carbocycles. The number of carbonyl (C=O) groups is 4. The van der Waals surface area contributed by atoms with Crippen LogP contribution in [0.1, 0.15) is 45.4 Å². The maximum absolute atomic E-state index is 12.4.